The summed E-state index contributed by atoms with van der Waals surface area (Å²) in [5, 5.41) is 25.8. The van der Waals surface area contributed by atoms with E-state index in [0.29, 0.717) is 5.56 Å². The van der Waals surface area contributed by atoms with E-state index in [1.807, 2.05) is 0 Å². The molecule has 16 atom stereocenters. The molecule has 3 aliphatic rings. The maximum absolute atomic E-state index is 14.6. The van der Waals surface area contributed by atoms with Crippen molar-refractivity contribution in [2.24, 2.45) is 0 Å². The second-order valence-corrected chi connectivity index (χ2v) is 28.6. The SMILES string of the molecule is CC(=O)NC1[C@H](OCCCCNC(=O)CNC(=O)CN(CC(=O)NCC(=O)NCCCCO[C@@H]2OC(COC(C)=O)[C@H](OC(C)=O)[C@H](OC(C)=O)C2NC(C)=O)C(CCCCNC(=O)OCc2ccccc2)C(=O)NCC(=O)NCCCCO[C@@H]2OC(COC(C)=O)[C@H](OC(C)=O)[C@H](OC(C)=O)C2NC(C)=O)OC(COC(C)=O)[C@H](OC(C)=O)[C@@H]1OC(C)=O. The van der Waals surface area contributed by atoms with Crippen LogP contribution in [-0.2, 0) is 169 Å². The minimum atomic E-state index is -1.44. The number of ether oxygens (including phenoxy) is 16. The van der Waals surface area contributed by atoms with E-state index in [2.05, 4.69) is 53.2 Å². The van der Waals surface area contributed by atoms with Crippen molar-refractivity contribution in [3.63, 3.8) is 0 Å². The van der Waals surface area contributed by atoms with Crippen molar-refractivity contribution in [3.8, 4) is 0 Å². The monoisotopic (exact) mass is 1770 g/mol. The lowest BCUT2D eigenvalue weighted by molar-refractivity contribution is -0.277. The molecule has 3 saturated heterocycles. The number of nitrogens with one attached hydrogen (secondary N) is 10. The summed E-state index contributed by atoms with van der Waals surface area (Å²) in [6.07, 6.45) is -15.3. The topological polar surface area (TPSA) is 596 Å². The first kappa shape index (κ1) is 105. The minimum Gasteiger partial charge on any atom is -0.463 e. The first-order valence-electron chi connectivity index (χ1n) is 40.2. The number of hydrogen-bond donors (Lipinski definition) is 10. The van der Waals surface area contributed by atoms with Crippen LogP contribution in [0.5, 0.6) is 0 Å². The largest absolute Gasteiger partial charge is 0.463 e. The van der Waals surface area contributed by atoms with Crippen LogP contribution in [-0.4, -0.2) is 314 Å². The Hall–Kier alpha value is -11.3. The summed E-state index contributed by atoms with van der Waals surface area (Å²) in [5.41, 5.74) is 0.713. The number of unbranched alkanes of at least 4 members (excludes halogenated alkanes) is 4. The molecule has 694 valence electrons. The fourth-order valence-electron chi connectivity index (χ4n) is 12.8. The van der Waals surface area contributed by atoms with Gasteiger partial charge in [-0.15, -0.1) is 0 Å². The van der Waals surface area contributed by atoms with Gasteiger partial charge in [0.1, 0.15) is 62.9 Å². The third-order valence-electron chi connectivity index (χ3n) is 17.9. The third-order valence-corrected chi connectivity index (χ3v) is 17.9. The van der Waals surface area contributed by atoms with Crippen LogP contribution in [0.25, 0.3) is 0 Å². The van der Waals surface area contributed by atoms with Crippen LogP contribution in [0.3, 0.4) is 0 Å². The minimum absolute atomic E-state index is 0.00121. The number of rotatable bonds is 52. The fourth-order valence-corrected chi connectivity index (χ4v) is 12.8. The lowest BCUT2D eigenvalue weighted by Crippen LogP contribution is -2.66. The zero-order valence-electron chi connectivity index (χ0n) is 71.5. The molecule has 3 heterocycles. The molecule has 0 bridgehead atoms. The summed E-state index contributed by atoms with van der Waals surface area (Å²) >= 11 is 0. The summed E-state index contributed by atoms with van der Waals surface area (Å²) in [5.74, 6) is -13.6. The highest BCUT2D eigenvalue weighted by atomic mass is 16.7. The Labute approximate surface area is 715 Å². The van der Waals surface area contributed by atoms with Crippen LogP contribution in [0.2, 0.25) is 0 Å². The average molecular weight is 1770 g/mol. The van der Waals surface area contributed by atoms with Gasteiger partial charge < -0.3 is 129 Å². The van der Waals surface area contributed by atoms with E-state index in [9.17, 15) is 91.1 Å². The molecular weight excluding hydrogens is 1650 g/mol. The maximum atomic E-state index is 14.6. The molecule has 0 spiro atoms. The van der Waals surface area contributed by atoms with Crippen LogP contribution in [0.15, 0.2) is 30.3 Å². The Balaban J connectivity index is 1.51. The van der Waals surface area contributed by atoms with E-state index in [4.69, 9.17) is 75.8 Å². The van der Waals surface area contributed by atoms with Crippen molar-refractivity contribution in [2.75, 3.05) is 98.5 Å². The van der Waals surface area contributed by atoms with E-state index in [-0.39, 0.29) is 110 Å². The molecule has 1 aromatic rings. The zero-order chi connectivity index (χ0) is 92.0. The summed E-state index contributed by atoms with van der Waals surface area (Å²) in [7, 11) is 0. The van der Waals surface area contributed by atoms with Crippen LogP contribution in [0.1, 0.15) is 146 Å². The van der Waals surface area contributed by atoms with Gasteiger partial charge in [0, 0.05) is 129 Å². The van der Waals surface area contributed by atoms with E-state index in [0.717, 1.165) is 67.2 Å². The quantitative estimate of drug-likeness (QED) is 0.0175. The zero-order valence-corrected chi connectivity index (χ0v) is 71.5. The molecule has 0 radical (unpaired) electrons. The first-order chi connectivity index (χ1) is 58.8. The number of carbonyl (C=O) groups is 19. The highest BCUT2D eigenvalue weighted by molar-refractivity contribution is 5.91. The molecule has 46 heteroatoms. The van der Waals surface area contributed by atoms with Gasteiger partial charge in [0.25, 0.3) is 0 Å². The molecule has 0 aromatic heterocycles. The van der Waals surface area contributed by atoms with Gasteiger partial charge in [0.2, 0.25) is 53.2 Å². The second-order valence-electron chi connectivity index (χ2n) is 28.6. The predicted octanol–water partition coefficient (Wildman–Crippen LogP) is -3.19. The highest BCUT2D eigenvalue weighted by Crippen LogP contribution is 2.32. The Morgan fingerprint density at radius 2 is 0.645 bits per heavy atom. The van der Waals surface area contributed by atoms with Crippen molar-refractivity contribution < 1.29 is 167 Å². The summed E-state index contributed by atoms with van der Waals surface area (Å²) in [6.45, 7) is 8.12. The molecule has 46 nitrogen and oxygen atoms in total. The number of alkyl carbamates (subject to hydrolysis) is 1. The smallest absolute Gasteiger partial charge is 0.407 e. The third kappa shape index (κ3) is 41.7. The van der Waals surface area contributed by atoms with Gasteiger partial charge in [-0.1, -0.05) is 30.3 Å². The van der Waals surface area contributed by atoms with Gasteiger partial charge in [-0.05, 0) is 63.4 Å². The van der Waals surface area contributed by atoms with Gasteiger partial charge in [-0.3, -0.25) is 91.2 Å². The number of nitrogens with zero attached hydrogens (tertiary/aromatic N) is 1. The van der Waals surface area contributed by atoms with Crippen molar-refractivity contribution in [2.45, 2.75) is 245 Å². The maximum Gasteiger partial charge on any atom is 0.407 e. The standard InChI is InChI=1S/C78H117N11O35/c1-43(90)86-65-71(119-52(10)99)68(116-49(7)96)57(40-112-46(4)93)122-75(65)109-31-21-18-27-79-60(102)34-83-63(105)37-89(38-64(106)84-35-61(103)80-28-19-22-32-110-76-66(87-44(2)91)72(120-53(11)100)69(117-50(8)97)58(123-76)41-113-47(5)94)56(26-16-17-30-82-78(108)115-39-55-24-14-13-15-25-55)74(107)85-36-62(104)81-29-20-23-33-111-77-67(88-45(3)92)73(121-54(12)101)70(118-51(9)98)59(124-77)42-114-48(6)95/h13-15,24-25,56-59,65-73,75-77H,16-23,26-42H2,1-12H3,(H,79,102)(H,80,103)(H,81,104)(H,82,108)(H,83,105)(H,84,106)(H,85,107)(H,86,90)(H,87,91)(H,88,92)/t56?,57?,58?,59?,65?,66?,67?,68-,69-,70-,71+,72+,73+,75+,76+,77+/m0/s1. The van der Waals surface area contributed by atoms with Crippen molar-refractivity contribution in [1.82, 2.24) is 58.1 Å². The number of hydrogen-bond acceptors (Lipinski definition) is 36. The molecule has 7 unspecified atom stereocenters. The lowest BCUT2D eigenvalue weighted by Gasteiger charge is -2.44. The van der Waals surface area contributed by atoms with Gasteiger partial charge >= 0.3 is 59.8 Å². The summed E-state index contributed by atoms with van der Waals surface area (Å²) in [4.78, 5) is 243. The van der Waals surface area contributed by atoms with Crippen LogP contribution in [0.4, 0.5) is 4.79 Å². The summed E-state index contributed by atoms with van der Waals surface area (Å²) < 4.78 is 89.6. The molecule has 10 N–H and O–H groups in total. The Bertz CT molecular complexity index is 3610. The molecule has 3 fully saturated rings. The van der Waals surface area contributed by atoms with Gasteiger partial charge in [0.05, 0.1) is 38.8 Å². The fraction of sp³-hybridized carbons (Fsp3) is 0.679. The lowest BCUT2D eigenvalue weighted by atomic mass is 9.96. The summed E-state index contributed by atoms with van der Waals surface area (Å²) in [6, 6.07) is 3.64. The van der Waals surface area contributed by atoms with Crippen LogP contribution < -0.4 is 53.2 Å². The van der Waals surface area contributed by atoms with Gasteiger partial charge in [0.15, 0.2) is 55.5 Å². The predicted molar refractivity (Wildman–Crippen MR) is 419 cm³/mol. The van der Waals surface area contributed by atoms with E-state index < -0.39 is 263 Å². The van der Waals surface area contributed by atoms with Gasteiger partial charge in [-0.25, -0.2) is 4.79 Å². The van der Waals surface area contributed by atoms with Gasteiger partial charge in [-0.2, -0.15) is 0 Å². The first-order valence-corrected chi connectivity index (χ1v) is 40.2. The Morgan fingerprint density at radius 3 is 0.960 bits per heavy atom. The van der Waals surface area contributed by atoms with E-state index in [1.54, 1.807) is 30.3 Å². The second kappa shape index (κ2) is 56.4. The average Bonchev–Trinajstić information content (AvgIpc) is 0.796. The Kier molecular flexibility index (Phi) is 47.8. The Morgan fingerprint density at radius 1 is 0.339 bits per heavy atom. The van der Waals surface area contributed by atoms with Crippen molar-refractivity contribution >= 4 is 113 Å². The van der Waals surface area contributed by atoms with Crippen molar-refractivity contribution in [1.29, 1.82) is 0 Å². The molecule has 0 aliphatic carbocycles. The molecule has 10 amide bonds. The molecule has 1 aromatic carbocycles. The molecule has 3 aliphatic heterocycles. The number of carbonyl (C=O) groups excluding carboxylic acids is 19. The van der Waals surface area contributed by atoms with Crippen molar-refractivity contribution in [3.05, 3.63) is 35.9 Å². The van der Waals surface area contributed by atoms with Crippen LogP contribution >= 0.6 is 0 Å². The molecule has 4 rings (SSSR count). The van der Waals surface area contributed by atoms with E-state index >= 15 is 0 Å². The number of benzene rings is 1. The molecule has 124 heavy (non-hydrogen) atoms. The molecule has 0 saturated carbocycles. The number of amides is 10. The highest BCUT2D eigenvalue weighted by Gasteiger charge is 2.54. The molecular formula is C78H117N11O35. The van der Waals surface area contributed by atoms with E-state index in [1.165, 1.54) is 20.8 Å². The van der Waals surface area contributed by atoms with Crippen LogP contribution in [0, 0.1) is 0 Å². The normalized spacial score (nSPS) is 22.1. The number of esters is 9.